The Hall–Kier alpha value is -2.18. The molecule has 0 aliphatic heterocycles. The molecule has 0 saturated heterocycles. The molecule has 0 spiro atoms. The van der Waals surface area contributed by atoms with Crippen LogP contribution in [0, 0.1) is 0 Å². The topological polar surface area (TPSA) is 52.7 Å². The molecule has 0 saturated carbocycles. The normalized spacial score (nSPS) is 10.5. The van der Waals surface area contributed by atoms with Crippen LogP contribution >= 0.6 is 11.3 Å². The Labute approximate surface area is 146 Å². The number of benzene rings is 1. The lowest BCUT2D eigenvalue weighted by Crippen LogP contribution is -2.42. The second-order valence-corrected chi connectivity index (χ2v) is 6.40. The minimum atomic E-state index is -0.136. The lowest BCUT2D eigenvalue weighted by Gasteiger charge is -2.22. The minimum Gasteiger partial charge on any atom is -0.342 e. The molecule has 6 heteroatoms. The maximum atomic E-state index is 12.7. The Kier molecular flexibility index (Phi) is 6.52. The number of hydrogen-bond acceptors (Lipinski definition) is 4. The van der Waals surface area contributed by atoms with Gasteiger partial charge in [0.2, 0.25) is 0 Å². The van der Waals surface area contributed by atoms with Crippen molar-refractivity contribution in [2.45, 2.75) is 20.4 Å². The number of hydrogen-bond donors (Lipinski definition) is 1. The summed E-state index contributed by atoms with van der Waals surface area (Å²) in [5, 5.41) is 3.58. The van der Waals surface area contributed by atoms with Crippen LogP contribution in [0.3, 0.4) is 0 Å². The molecule has 5 nitrogen and oxygen atoms in total. The van der Waals surface area contributed by atoms with Crippen LogP contribution in [-0.4, -0.2) is 41.9 Å². The Morgan fingerprint density at radius 2 is 1.75 bits per heavy atom. The Morgan fingerprint density at radius 1 is 1.04 bits per heavy atom. The average molecular weight is 345 g/mol. The highest BCUT2D eigenvalue weighted by atomic mass is 32.1. The van der Waals surface area contributed by atoms with Gasteiger partial charge in [-0.15, -0.1) is 11.3 Å². The van der Waals surface area contributed by atoms with Crippen molar-refractivity contribution in [2.24, 2.45) is 0 Å². The van der Waals surface area contributed by atoms with E-state index in [1.165, 1.54) is 0 Å². The average Bonchev–Trinajstić information content (AvgIpc) is 3.14. The summed E-state index contributed by atoms with van der Waals surface area (Å²) in [5.41, 5.74) is 4.18. The van der Waals surface area contributed by atoms with Gasteiger partial charge in [-0.1, -0.05) is 12.1 Å². The third-order valence-electron chi connectivity index (χ3n) is 3.76. The molecule has 2 rings (SSSR count). The molecule has 2 aromatic rings. The number of carbonyl (C=O) groups is 2. The van der Waals surface area contributed by atoms with Gasteiger partial charge in [0, 0.05) is 42.7 Å². The molecule has 0 aliphatic rings. The second-order valence-electron chi connectivity index (χ2n) is 5.36. The SMILES string of the molecule is CCN(C)C(=O)c1cccc(C(=O)N(CC)NCc2cccs2)c1. The molecule has 1 heterocycles. The first-order valence-electron chi connectivity index (χ1n) is 8.00. The van der Waals surface area contributed by atoms with Crippen molar-refractivity contribution in [3.8, 4) is 0 Å². The monoisotopic (exact) mass is 345 g/mol. The van der Waals surface area contributed by atoms with E-state index in [1.54, 1.807) is 52.6 Å². The second kappa shape index (κ2) is 8.61. The van der Waals surface area contributed by atoms with Crippen LogP contribution in [0.4, 0.5) is 0 Å². The Bertz CT molecular complexity index is 685. The molecule has 0 fully saturated rings. The zero-order valence-electron chi connectivity index (χ0n) is 14.3. The zero-order chi connectivity index (χ0) is 17.5. The summed E-state index contributed by atoms with van der Waals surface area (Å²) in [6.45, 7) is 5.60. The summed E-state index contributed by atoms with van der Waals surface area (Å²) in [7, 11) is 1.75. The predicted octanol–water partition coefficient (Wildman–Crippen LogP) is 3.01. The van der Waals surface area contributed by atoms with Crippen molar-refractivity contribution in [2.75, 3.05) is 20.1 Å². The van der Waals surface area contributed by atoms with E-state index in [0.717, 1.165) is 4.88 Å². The summed E-state index contributed by atoms with van der Waals surface area (Å²) >= 11 is 1.64. The van der Waals surface area contributed by atoms with Gasteiger partial charge in [0.25, 0.3) is 11.8 Å². The van der Waals surface area contributed by atoms with Gasteiger partial charge in [-0.05, 0) is 43.5 Å². The van der Waals surface area contributed by atoms with Gasteiger partial charge in [-0.2, -0.15) is 0 Å². The van der Waals surface area contributed by atoms with Gasteiger partial charge in [-0.3, -0.25) is 14.6 Å². The van der Waals surface area contributed by atoms with Gasteiger partial charge >= 0.3 is 0 Å². The van der Waals surface area contributed by atoms with E-state index >= 15 is 0 Å². The Balaban J connectivity index is 2.10. The third kappa shape index (κ3) is 4.43. The molecule has 2 amide bonds. The number of rotatable bonds is 7. The Morgan fingerprint density at radius 3 is 2.33 bits per heavy atom. The molecule has 128 valence electrons. The largest absolute Gasteiger partial charge is 0.342 e. The first-order chi connectivity index (χ1) is 11.6. The third-order valence-corrected chi connectivity index (χ3v) is 4.64. The fourth-order valence-electron chi connectivity index (χ4n) is 2.22. The van der Waals surface area contributed by atoms with E-state index in [4.69, 9.17) is 0 Å². The molecule has 0 aliphatic carbocycles. The highest BCUT2D eigenvalue weighted by molar-refractivity contribution is 7.09. The van der Waals surface area contributed by atoms with Crippen molar-refractivity contribution in [3.05, 3.63) is 57.8 Å². The first-order valence-corrected chi connectivity index (χ1v) is 8.88. The predicted molar refractivity (Wildman–Crippen MR) is 96.9 cm³/mol. The zero-order valence-corrected chi connectivity index (χ0v) is 15.1. The molecule has 1 aromatic heterocycles. The molecule has 24 heavy (non-hydrogen) atoms. The summed E-state index contributed by atoms with van der Waals surface area (Å²) in [6.07, 6.45) is 0. The van der Waals surface area contributed by atoms with E-state index in [9.17, 15) is 9.59 Å². The highest BCUT2D eigenvalue weighted by Crippen LogP contribution is 2.11. The molecular weight excluding hydrogens is 322 g/mol. The van der Waals surface area contributed by atoms with Crippen LogP contribution in [0.5, 0.6) is 0 Å². The molecule has 0 unspecified atom stereocenters. The number of amides is 2. The van der Waals surface area contributed by atoms with Crippen molar-refractivity contribution in [1.29, 1.82) is 0 Å². The lowest BCUT2D eigenvalue weighted by molar-refractivity contribution is 0.0666. The number of thiophene rings is 1. The standard InChI is InChI=1S/C18H23N3O2S/c1-4-20(3)17(22)14-8-6-9-15(12-14)18(23)21(5-2)19-13-16-10-7-11-24-16/h6-12,19H,4-5,13H2,1-3H3. The molecule has 1 aromatic carbocycles. The van der Waals surface area contributed by atoms with E-state index in [0.29, 0.717) is 30.8 Å². The van der Waals surface area contributed by atoms with E-state index in [2.05, 4.69) is 5.43 Å². The molecule has 0 radical (unpaired) electrons. The van der Waals surface area contributed by atoms with E-state index in [-0.39, 0.29) is 11.8 Å². The van der Waals surface area contributed by atoms with Crippen molar-refractivity contribution in [3.63, 3.8) is 0 Å². The van der Waals surface area contributed by atoms with Gasteiger partial charge < -0.3 is 4.90 Å². The van der Waals surface area contributed by atoms with Crippen LogP contribution < -0.4 is 5.43 Å². The summed E-state index contributed by atoms with van der Waals surface area (Å²) in [4.78, 5) is 27.7. The van der Waals surface area contributed by atoms with Crippen LogP contribution in [0.2, 0.25) is 0 Å². The fraction of sp³-hybridized carbons (Fsp3) is 0.333. The molecular formula is C18H23N3O2S. The van der Waals surface area contributed by atoms with Gasteiger partial charge in [0.1, 0.15) is 0 Å². The van der Waals surface area contributed by atoms with Crippen LogP contribution in [-0.2, 0) is 6.54 Å². The molecule has 0 atom stereocenters. The van der Waals surface area contributed by atoms with Gasteiger partial charge in [-0.25, -0.2) is 5.43 Å². The van der Waals surface area contributed by atoms with Crippen molar-refractivity contribution < 1.29 is 9.59 Å². The van der Waals surface area contributed by atoms with Crippen LogP contribution in [0.15, 0.2) is 41.8 Å². The summed E-state index contributed by atoms with van der Waals surface area (Å²) in [6, 6.07) is 10.9. The van der Waals surface area contributed by atoms with Crippen LogP contribution in [0.1, 0.15) is 39.4 Å². The van der Waals surface area contributed by atoms with Crippen molar-refractivity contribution in [1.82, 2.24) is 15.3 Å². The van der Waals surface area contributed by atoms with Gasteiger partial charge in [0.05, 0.1) is 0 Å². The maximum Gasteiger partial charge on any atom is 0.267 e. The number of hydrazine groups is 1. The number of nitrogens with one attached hydrogen (secondary N) is 1. The summed E-state index contributed by atoms with van der Waals surface area (Å²) < 4.78 is 0. The maximum absolute atomic E-state index is 12.7. The van der Waals surface area contributed by atoms with Crippen molar-refractivity contribution >= 4 is 23.2 Å². The smallest absolute Gasteiger partial charge is 0.267 e. The first kappa shape index (κ1) is 18.2. The molecule has 1 N–H and O–H groups in total. The number of carbonyl (C=O) groups excluding carboxylic acids is 2. The molecule has 0 bridgehead atoms. The minimum absolute atomic E-state index is 0.0817. The van der Waals surface area contributed by atoms with E-state index < -0.39 is 0 Å². The number of nitrogens with zero attached hydrogens (tertiary/aromatic N) is 2. The van der Waals surface area contributed by atoms with E-state index in [1.807, 2.05) is 31.4 Å². The summed E-state index contributed by atoms with van der Waals surface area (Å²) in [5.74, 6) is -0.218. The lowest BCUT2D eigenvalue weighted by atomic mass is 10.1. The fourth-order valence-corrected chi connectivity index (χ4v) is 2.86. The van der Waals surface area contributed by atoms with Gasteiger partial charge in [0.15, 0.2) is 0 Å². The van der Waals surface area contributed by atoms with Crippen LogP contribution in [0.25, 0.3) is 0 Å². The quantitative estimate of drug-likeness (QED) is 0.785. The highest BCUT2D eigenvalue weighted by Gasteiger charge is 2.17.